The minimum absolute atomic E-state index is 0.969. The fraction of sp³-hybridized carbons (Fsp3) is 0.800. The number of carboxylic acids is 1. The summed E-state index contributed by atoms with van der Waals surface area (Å²) in [5.41, 5.74) is -3.23. The average molecular weight is 204 g/mol. The summed E-state index contributed by atoms with van der Waals surface area (Å²) in [5.74, 6) is -2.69. The molecule has 1 atom stereocenters. The van der Waals surface area contributed by atoms with Gasteiger partial charge in [0.05, 0.1) is 6.42 Å². The van der Waals surface area contributed by atoms with Crippen LogP contribution in [0, 0.1) is 0 Å². The molecule has 72 valence electrons. The molecule has 0 aromatic rings. The number of alkyl halides is 3. The van der Waals surface area contributed by atoms with Gasteiger partial charge in [-0.2, -0.15) is 25.8 Å². The molecule has 0 aromatic heterocycles. The molecular formula is C5H7F3O3S. The highest BCUT2D eigenvalue weighted by Gasteiger charge is 2.53. The van der Waals surface area contributed by atoms with Gasteiger partial charge in [-0.05, 0) is 0 Å². The first-order chi connectivity index (χ1) is 5.23. The Morgan fingerprint density at radius 1 is 1.42 bits per heavy atom. The van der Waals surface area contributed by atoms with Crippen LogP contribution in [0.1, 0.15) is 6.42 Å². The monoisotopic (exact) mass is 204 g/mol. The van der Waals surface area contributed by atoms with Crippen LogP contribution in [0.25, 0.3) is 0 Å². The number of aliphatic hydroxyl groups is 1. The second-order valence-corrected chi connectivity index (χ2v) is 2.57. The Balaban J connectivity index is 4.56. The van der Waals surface area contributed by atoms with E-state index in [4.69, 9.17) is 10.2 Å². The second-order valence-electron chi connectivity index (χ2n) is 2.26. The number of halogens is 3. The zero-order valence-electron chi connectivity index (χ0n) is 5.80. The molecule has 0 saturated heterocycles. The van der Waals surface area contributed by atoms with Gasteiger partial charge in [-0.15, -0.1) is 0 Å². The quantitative estimate of drug-likeness (QED) is 0.592. The minimum atomic E-state index is -4.97. The predicted molar refractivity (Wildman–Crippen MR) is 37.1 cm³/mol. The standard InChI is InChI=1S/C5H7F3O3S/c6-5(7,8)4(11,2-12)1-3(9)10/h11-12H,1-2H2,(H,9,10). The third-order valence-electron chi connectivity index (χ3n) is 1.23. The number of hydrogen-bond acceptors (Lipinski definition) is 3. The largest absolute Gasteiger partial charge is 0.481 e. The highest BCUT2D eigenvalue weighted by atomic mass is 32.1. The van der Waals surface area contributed by atoms with Crippen molar-refractivity contribution in [1.82, 2.24) is 0 Å². The van der Waals surface area contributed by atoms with Crippen LogP contribution < -0.4 is 0 Å². The molecule has 7 heteroatoms. The SMILES string of the molecule is O=C(O)CC(O)(CS)C(F)(F)F. The van der Waals surface area contributed by atoms with Gasteiger partial charge in [0.2, 0.25) is 0 Å². The number of carboxylic acid groups (broad SMARTS) is 1. The lowest BCUT2D eigenvalue weighted by molar-refractivity contribution is -0.252. The van der Waals surface area contributed by atoms with Crippen molar-refractivity contribution in [2.75, 3.05) is 5.75 Å². The minimum Gasteiger partial charge on any atom is -0.481 e. The lowest BCUT2D eigenvalue weighted by Crippen LogP contribution is -2.48. The molecule has 0 spiro atoms. The lowest BCUT2D eigenvalue weighted by Gasteiger charge is -2.26. The third kappa shape index (κ3) is 2.56. The summed E-state index contributed by atoms with van der Waals surface area (Å²) < 4.78 is 35.7. The summed E-state index contributed by atoms with van der Waals surface area (Å²) in [5, 5.41) is 16.8. The summed E-state index contributed by atoms with van der Waals surface area (Å²) >= 11 is 3.24. The molecule has 0 amide bonds. The number of thiol groups is 1. The maximum atomic E-state index is 11.9. The van der Waals surface area contributed by atoms with Gasteiger partial charge in [0.15, 0.2) is 5.60 Å². The van der Waals surface area contributed by atoms with Crippen molar-refractivity contribution in [1.29, 1.82) is 0 Å². The molecule has 2 N–H and O–H groups in total. The molecule has 0 aliphatic heterocycles. The highest BCUT2D eigenvalue weighted by molar-refractivity contribution is 7.80. The Labute approximate surface area is 71.6 Å². The van der Waals surface area contributed by atoms with Crippen LogP contribution in [-0.4, -0.2) is 33.7 Å². The Kier molecular flexibility index (Phi) is 3.40. The Bertz CT molecular complexity index is 181. The Morgan fingerprint density at radius 2 is 1.83 bits per heavy atom. The van der Waals surface area contributed by atoms with Crippen molar-refractivity contribution >= 4 is 18.6 Å². The summed E-state index contributed by atoms with van der Waals surface area (Å²) in [6.07, 6.45) is -6.35. The maximum absolute atomic E-state index is 11.9. The summed E-state index contributed by atoms with van der Waals surface area (Å²) in [6.45, 7) is 0. The van der Waals surface area contributed by atoms with Crippen LogP contribution in [0.4, 0.5) is 13.2 Å². The van der Waals surface area contributed by atoms with Crippen LogP contribution >= 0.6 is 12.6 Å². The molecule has 0 aliphatic carbocycles. The molecule has 12 heavy (non-hydrogen) atoms. The van der Waals surface area contributed by atoms with Gasteiger partial charge in [-0.25, -0.2) is 0 Å². The summed E-state index contributed by atoms with van der Waals surface area (Å²) in [4.78, 5) is 9.93. The van der Waals surface area contributed by atoms with Crippen molar-refractivity contribution in [2.24, 2.45) is 0 Å². The Hall–Kier alpha value is -0.430. The van der Waals surface area contributed by atoms with Crippen molar-refractivity contribution in [3.8, 4) is 0 Å². The number of carbonyl (C=O) groups is 1. The summed E-state index contributed by atoms with van der Waals surface area (Å²) in [6, 6.07) is 0. The fourth-order valence-electron chi connectivity index (χ4n) is 0.496. The molecule has 3 nitrogen and oxygen atoms in total. The molecular weight excluding hydrogens is 197 g/mol. The van der Waals surface area contributed by atoms with E-state index >= 15 is 0 Å². The molecule has 1 unspecified atom stereocenters. The average Bonchev–Trinajstić information content (AvgIpc) is 1.83. The van der Waals surface area contributed by atoms with E-state index in [0.717, 1.165) is 0 Å². The number of hydrogen-bond donors (Lipinski definition) is 3. The normalized spacial score (nSPS) is 17.1. The highest BCUT2D eigenvalue weighted by Crippen LogP contribution is 2.33. The molecule has 0 aromatic carbocycles. The van der Waals surface area contributed by atoms with E-state index in [1.54, 1.807) is 0 Å². The molecule has 0 fully saturated rings. The van der Waals surface area contributed by atoms with Gasteiger partial charge < -0.3 is 10.2 Å². The van der Waals surface area contributed by atoms with Crippen molar-refractivity contribution in [3.63, 3.8) is 0 Å². The van der Waals surface area contributed by atoms with E-state index < -0.39 is 29.9 Å². The lowest BCUT2D eigenvalue weighted by atomic mass is 10.0. The molecule has 0 rings (SSSR count). The van der Waals surface area contributed by atoms with E-state index in [1.165, 1.54) is 0 Å². The maximum Gasteiger partial charge on any atom is 0.418 e. The first kappa shape index (κ1) is 11.6. The fourth-order valence-corrected chi connectivity index (χ4v) is 0.787. The zero-order chi connectivity index (χ0) is 9.99. The van der Waals surface area contributed by atoms with Crippen molar-refractivity contribution in [2.45, 2.75) is 18.2 Å². The van der Waals surface area contributed by atoms with Gasteiger partial charge in [-0.3, -0.25) is 4.79 Å². The molecule has 0 heterocycles. The van der Waals surface area contributed by atoms with E-state index in [-0.39, 0.29) is 0 Å². The predicted octanol–water partition coefficient (Wildman–Crippen LogP) is 0.684. The second kappa shape index (κ2) is 3.53. The summed E-state index contributed by atoms with van der Waals surface area (Å²) in [7, 11) is 0. The van der Waals surface area contributed by atoms with Gasteiger partial charge in [0, 0.05) is 5.75 Å². The van der Waals surface area contributed by atoms with E-state index in [1.807, 2.05) is 0 Å². The first-order valence-corrected chi connectivity index (χ1v) is 3.48. The van der Waals surface area contributed by atoms with Crippen molar-refractivity contribution in [3.05, 3.63) is 0 Å². The van der Waals surface area contributed by atoms with E-state index in [0.29, 0.717) is 0 Å². The van der Waals surface area contributed by atoms with Gasteiger partial charge in [0.1, 0.15) is 0 Å². The first-order valence-electron chi connectivity index (χ1n) is 2.85. The third-order valence-corrected chi connectivity index (χ3v) is 1.76. The van der Waals surface area contributed by atoms with Gasteiger partial charge in [0.25, 0.3) is 0 Å². The van der Waals surface area contributed by atoms with E-state index in [2.05, 4.69) is 12.6 Å². The van der Waals surface area contributed by atoms with Crippen LogP contribution in [-0.2, 0) is 4.79 Å². The van der Waals surface area contributed by atoms with Gasteiger partial charge >= 0.3 is 12.1 Å². The molecule has 0 aliphatic rings. The van der Waals surface area contributed by atoms with Crippen LogP contribution in [0.3, 0.4) is 0 Å². The topological polar surface area (TPSA) is 57.5 Å². The van der Waals surface area contributed by atoms with Crippen LogP contribution in [0.15, 0.2) is 0 Å². The van der Waals surface area contributed by atoms with Crippen molar-refractivity contribution < 1.29 is 28.2 Å². The Morgan fingerprint density at radius 3 is 1.92 bits per heavy atom. The van der Waals surface area contributed by atoms with Gasteiger partial charge in [-0.1, -0.05) is 0 Å². The number of aliphatic carboxylic acids is 1. The van der Waals surface area contributed by atoms with Crippen LogP contribution in [0.5, 0.6) is 0 Å². The molecule has 0 saturated carbocycles. The smallest absolute Gasteiger partial charge is 0.418 e. The van der Waals surface area contributed by atoms with E-state index in [9.17, 15) is 18.0 Å². The number of rotatable bonds is 3. The zero-order valence-corrected chi connectivity index (χ0v) is 6.69. The molecule has 0 bridgehead atoms. The van der Waals surface area contributed by atoms with Crippen LogP contribution in [0.2, 0.25) is 0 Å². The molecule has 0 radical (unpaired) electrons.